The van der Waals surface area contributed by atoms with Crippen LogP contribution in [0.5, 0.6) is 0 Å². The lowest BCUT2D eigenvalue weighted by Crippen LogP contribution is -2.46. The summed E-state index contributed by atoms with van der Waals surface area (Å²) in [5, 5.41) is 7.04. The van der Waals surface area contributed by atoms with Gasteiger partial charge in [0.1, 0.15) is 5.60 Å². The fourth-order valence-corrected chi connectivity index (χ4v) is 1.95. The number of nitrogens with one attached hydrogen (secondary N) is 1. The highest BCUT2D eigenvalue weighted by Crippen LogP contribution is 2.21. The molecule has 0 aliphatic heterocycles. The molecule has 1 amide bonds. The van der Waals surface area contributed by atoms with Gasteiger partial charge in [-0.2, -0.15) is 5.10 Å². The van der Waals surface area contributed by atoms with Crippen molar-refractivity contribution in [3.05, 3.63) is 18.0 Å². The molecule has 6 heteroatoms. The lowest BCUT2D eigenvalue weighted by atomic mass is 9.86. The number of amides is 1. The molecule has 114 valence electrons. The van der Waals surface area contributed by atoms with Gasteiger partial charge in [0.05, 0.1) is 0 Å². The highest BCUT2D eigenvalue weighted by atomic mass is 16.6. The number of aryl methyl sites for hydroxylation is 1. The average molecular weight is 282 g/mol. The first-order valence-electron chi connectivity index (χ1n) is 6.91. The Kier molecular flexibility index (Phi) is 5.16. The topological polar surface area (TPSA) is 82.2 Å². The van der Waals surface area contributed by atoms with Crippen LogP contribution in [-0.4, -0.2) is 34.6 Å². The third-order valence-electron chi connectivity index (χ3n) is 3.11. The van der Waals surface area contributed by atoms with E-state index in [1.165, 1.54) is 0 Å². The zero-order chi connectivity index (χ0) is 15.4. The summed E-state index contributed by atoms with van der Waals surface area (Å²) in [5.74, 6) is 0. The van der Waals surface area contributed by atoms with Gasteiger partial charge >= 0.3 is 6.09 Å². The van der Waals surface area contributed by atoms with Crippen molar-refractivity contribution in [3.8, 4) is 0 Å². The fourth-order valence-electron chi connectivity index (χ4n) is 1.95. The van der Waals surface area contributed by atoms with E-state index in [-0.39, 0.29) is 5.41 Å². The second-order valence-electron chi connectivity index (χ2n) is 6.15. The van der Waals surface area contributed by atoms with Crippen LogP contribution in [0.1, 0.15) is 40.3 Å². The van der Waals surface area contributed by atoms with Crippen LogP contribution in [0.2, 0.25) is 0 Å². The van der Waals surface area contributed by atoms with Gasteiger partial charge in [-0.15, -0.1) is 0 Å². The first-order chi connectivity index (χ1) is 9.22. The van der Waals surface area contributed by atoms with Crippen molar-refractivity contribution >= 4 is 6.09 Å². The lowest BCUT2D eigenvalue weighted by Gasteiger charge is -2.29. The van der Waals surface area contributed by atoms with Gasteiger partial charge in [0.25, 0.3) is 0 Å². The molecular weight excluding hydrogens is 256 g/mol. The summed E-state index contributed by atoms with van der Waals surface area (Å²) >= 11 is 0. The minimum Gasteiger partial charge on any atom is -0.444 e. The van der Waals surface area contributed by atoms with E-state index in [2.05, 4.69) is 10.4 Å². The molecule has 0 saturated heterocycles. The zero-order valence-electron chi connectivity index (χ0n) is 13.1. The maximum atomic E-state index is 11.7. The second kappa shape index (κ2) is 6.26. The van der Waals surface area contributed by atoms with Crippen molar-refractivity contribution in [2.45, 2.75) is 52.2 Å². The molecule has 6 nitrogen and oxygen atoms in total. The number of nitrogens with zero attached hydrogens (tertiary/aromatic N) is 2. The largest absolute Gasteiger partial charge is 0.444 e. The van der Waals surface area contributed by atoms with Crippen molar-refractivity contribution in [1.82, 2.24) is 15.1 Å². The number of hydrogen-bond acceptors (Lipinski definition) is 4. The maximum absolute atomic E-state index is 11.7. The number of hydrogen-bond donors (Lipinski definition) is 2. The number of nitrogens with two attached hydrogens (primary N) is 1. The Morgan fingerprint density at radius 3 is 2.60 bits per heavy atom. The summed E-state index contributed by atoms with van der Waals surface area (Å²) < 4.78 is 7.13. The first-order valence-corrected chi connectivity index (χ1v) is 6.91. The Hall–Kier alpha value is -1.56. The molecule has 1 aromatic rings. The molecule has 0 bridgehead atoms. The zero-order valence-corrected chi connectivity index (χ0v) is 13.1. The molecule has 3 N–H and O–H groups in total. The number of carbonyl (C=O) groups is 1. The fraction of sp³-hybridized carbons (Fsp3) is 0.714. The second-order valence-corrected chi connectivity index (χ2v) is 6.15. The Morgan fingerprint density at radius 1 is 1.45 bits per heavy atom. The third kappa shape index (κ3) is 4.23. The van der Waals surface area contributed by atoms with Gasteiger partial charge in [-0.25, -0.2) is 4.79 Å². The average Bonchev–Trinajstić information content (AvgIpc) is 2.82. The molecule has 0 aromatic carbocycles. The van der Waals surface area contributed by atoms with Crippen LogP contribution < -0.4 is 11.1 Å². The Balaban J connectivity index is 2.74. The molecule has 0 radical (unpaired) electrons. The van der Waals surface area contributed by atoms with Crippen molar-refractivity contribution in [2.75, 3.05) is 13.1 Å². The van der Waals surface area contributed by atoms with Gasteiger partial charge in [-0.05, 0) is 33.8 Å². The summed E-state index contributed by atoms with van der Waals surface area (Å²) in [4.78, 5) is 11.7. The van der Waals surface area contributed by atoms with Crippen molar-refractivity contribution in [1.29, 1.82) is 0 Å². The number of rotatable bonds is 5. The molecule has 1 unspecified atom stereocenters. The summed E-state index contributed by atoms with van der Waals surface area (Å²) in [7, 11) is 0. The third-order valence-corrected chi connectivity index (χ3v) is 3.11. The lowest BCUT2D eigenvalue weighted by molar-refractivity contribution is 0.0515. The minimum absolute atomic E-state index is 0.372. The summed E-state index contributed by atoms with van der Waals surface area (Å²) in [5.41, 5.74) is 6.04. The molecule has 0 fully saturated rings. The molecule has 0 aliphatic rings. The molecule has 1 heterocycles. The highest BCUT2D eigenvalue weighted by molar-refractivity contribution is 5.67. The van der Waals surface area contributed by atoms with Crippen LogP contribution >= 0.6 is 0 Å². The maximum Gasteiger partial charge on any atom is 0.407 e. The summed E-state index contributed by atoms with van der Waals surface area (Å²) in [6.45, 7) is 11.1. The predicted molar refractivity (Wildman–Crippen MR) is 78.5 cm³/mol. The van der Waals surface area contributed by atoms with Crippen molar-refractivity contribution < 1.29 is 9.53 Å². The van der Waals surface area contributed by atoms with Crippen molar-refractivity contribution in [3.63, 3.8) is 0 Å². The number of ether oxygens (including phenoxy) is 1. The smallest absolute Gasteiger partial charge is 0.407 e. The summed E-state index contributed by atoms with van der Waals surface area (Å²) in [6.07, 6.45) is 1.32. The molecule has 0 saturated carbocycles. The van der Waals surface area contributed by atoms with E-state index >= 15 is 0 Å². The highest BCUT2D eigenvalue weighted by Gasteiger charge is 2.30. The molecule has 20 heavy (non-hydrogen) atoms. The van der Waals surface area contributed by atoms with E-state index in [1.54, 1.807) is 6.20 Å². The van der Waals surface area contributed by atoms with Gasteiger partial charge in [0, 0.05) is 36.9 Å². The molecule has 1 atom stereocenters. The van der Waals surface area contributed by atoms with Crippen LogP contribution in [0.4, 0.5) is 4.79 Å². The van der Waals surface area contributed by atoms with Gasteiger partial charge < -0.3 is 15.8 Å². The monoisotopic (exact) mass is 282 g/mol. The summed E-state index contributed by atoms with van der Waals surface area (Å²) in [6, 6.07) is 1.94. The molecular formula is C14H26N4O2. The normalized spacial score (nSPS) is 14.7. The van der Waals surface area contributed by atoms with E-state index < -0.39 is 11.7 Å². The quantitative estimate of drug-likeness (QED) is 0.860. The molecule has 0 spiro atoms. The van der Waals surface area contributed by atoms with Crippen LogP contribution in [0.15, 0.2) is 12.3 Å². The van der Waals surface area contributed by atoms with Crippen LogP contribution in [0.3, 0.4) is 0 Å². The number of alkyl carbamates (subject to hydrolysis) is 1. The van der Waals surface area contributed by atoms with Crippen LogP contribution in [0, 0.1) is 0 Å². The van der Waals surface area contributed by atoms with E-state index in [9.17, 15) is 4.79 Å². The molecule has 1 aromatic heterocycles. The van der Waals surface area contributed by atoms with Gasteiger partial charge in [-0.3, -0.25) is 4.68 Å². The van der Waals surface area contributed by atoms with E-state index in [0.717, 1.165) is 12.2 Å². The number of aromatic nitrogens is 2. The Morgan fingerprint density at radius 2 is 2.10 bits per heavy atom. The Bertz CT molecular complexity index is 450. The Labute approximate surface area is 120 Å². The molecule has 1 rings (SSSR count). The van der Waals surface area contributed by atoms with Gasteiger partial charge in [0.2, 0.25) is 0 Å². The minimum atomic E-state index is -0.506. The van der Waals surface area contributed by atoms with E-state index in [4.69, 9.17) is 10.5 Å². The van der Waals surface area contributed by atoms with Gasteiger partial charge in [0.15, 0.2) is 0 Å². The van der Waals surface area contributed by atoms with Crippen LogP contribution in [-0.2, 0) is 16.7 Å². The van der Waals surface area contributed by atoms with E-state index in [1.807, 2.05) is 45.4 Å². The molecule has 0 aliphatic carbocycles. The standard InChI is InChI=1S/C14H26N4O2/c1-6-18-11(7-8-17-18)14(5,9-15)10-16-12(19)20-13(2,3)4/h7-8H,6,9-10,15H2,1-5H3,(H,16,19). The van der Waals surface area contributed by atoms with E-state index in [0.29, 0.717) is 13.1 Å². The first kappa shape index (κ1) is 16.5. The number of carbonyl (C=O) groups excluding carboxylic acids is 1. The van der Waals surface area contributed by atoms with Crippen LogP contribution in [0.25, 0.3) is 0 Å². The predicted octanol–water partition coefficient (Wildman–Crippen LogP) is 1.64. The van der Waals surface area contributed by atoms with Crippen molar-refractivity contribution in [2.24, 2.45) is 5.73 Å². The van der Waals surface area contributed by atoms with Gasteiger partial charge in [-0.1, -0.05) is 6.92 Å². The SMILES string of the molecule is CCn1nccc1C(C)(CN)CNC(=O)OC(C)(C)C.